The molecule has 0 saturated carbocycles. The van der Waals surface area contributed by atoms with Crippen molar-refractivity contribution in [3.8, 4) is 34.2 Å². The molecule has 1 aromatic carbocycles. The van der Waals surface area contributed by atoms with Gasteiger partial charge in [0, 0.05) is 72.1 Å². The molecule has 0 spiro atoms. The number of anilines is 2. The van der Waals surface area contributed by atoms with Gasteiger partial charge in [-0.15, -0.1) is 24.8 Å². The molecule has 2 atom stereocenters. The van der Waals surface area contributed by atoms with Crippen LogP contribution in [0.5, 0.6) is 0 Å². The van der Waals surface area contributed by atoms with E-state index >= 15 is 0 Å². The highest BCUT2D eigenvalue weighted by atomic mass is 35.5. The molecule has 1 saturated heterocycles. The Kier molecular flexibility index (Phi) is 11.0. The maximum absolute atomic E-state index is 13.7. The Morgan fingerprint density at radius 1 is 0.833 bits per heavy atom. The molecule has 0 aliphatic carbocycles. The number of nitrogens with two attached hydrogens (primary N) is 1. The topological polar surface area (TPSA) is 244 Å². The molecule has 1 unspecified atom stereocenters. The SMILES string of the molecule is CCn1c(-c2nonc2NNc2nonc2-c2nc3cncc(S(=O)(=O)N4CC[C@H](N)C4)c3n2CC)nc2cncc(-c3ccc(S(C)=O)cc3)c21.Cl.Cl. The van der Waals surface area contributed by atoms with E-state index < -0.39 is 20.8 Å². The summed E-state index contributed by atoms with van der Waals surface area (Å²) in [4.78, 5) is 18.9. The number of hydrogen-bond donors (Lipinski definition) is 3. The quantitative estimate of drug-likeness (QED) is 0.158. The molecule has 23 heteroatoms. The Balaban J connectivity index is 0.00000249. The molecule has 284 valence electrons. The Morgan fingerprint density at radius 3 is 1.93 bits per heavy atom. The van der Waals surface area contributed by atoms with Crippen LogP contribution in [0, 0.1) is 0 Å². The number of imidazole rings is 2. The van der Waals surface area contributed by atoms with Gasteiger partial charge in [-0.25, -0.2) is 27.6 Å². The summed E-state index contributed by atoms with van der Waals surface area (Å²) in [5.41, 5.74) is 16.4. The lowest BCUT2D eigenvalue weighted by atomic mass is 10.1. The molecule has 54 heavy (non-hydrogen) atoms. The van der Waals surface area contributed by atoms with Crippen LogP contribution in [0.4, 0.5) is 11.6 Å². The van der Waals surface area contributed by atoms with Crippen LogP contribution in [-0.4, -0.2) is 92.0 Å². The van der Waals surface area contributed by atoms with Gasteiger partial charge in [0.15, 0.2) is 23.0 Å². The summed E-state index contributed by atoms with van der Waals surface area (Å²) >= 11 is 0. The molecule has 1 fully saturated rings. The number of nitrogens with zero attached hydrogens (tertiary/aromatic N) is 11. The lowest BCUT2D eigenvalue weighted by Gasteiger charge is -2.17. The van der Waals surface area contributed by atoms with Gasteiger partial charge in [0.25, 0.3) is 0 Å². The number of hydrogen-bond acceptors (Lipinski definition) is 16. The third-order valence-corrected chi connectivity index (χ3v) is 11.7. The van der Waals surface area contributed by atoms with Gasteiger partial charge in [-0.2, -0.15) is 4.31 Å². The van der Waals surface area contributed by atoms with Gasteiger partial charge in [0.1, 0.15) is 15.9 Å². The minimum absolute atomic E-state index is 0. The van der Waals surface area contributed by atoms with Gasteiger partial charge < -0.3 is 14.9 Å². The molecule has 1 aliphatic heterocycles. The van der Waals surface area contributed by atoms with Crippen molar-refractivity contribution in [2.24, 2.45) is 5.73 Å². The molecule has 8 rings (SSSR count). The molecular formula is C31H34Cl2N14O5S2. The number of benzene rings is 1. The smallest absolute Gasteiger partial charge is 0.246 e. The van der Waals surface area contributed by atoms with Crippen molar-refractivity contribution in [1.82, 2.24) is 54.0 Å². The Bertz CT molecular complexity index is 2590. The van der Waals surface area contributed by atoms with Crippen molar-refractivity contribution in [2.75, 3.05) is 30.2 Å². The second-order valence-electron chi connectivity index (χ2n) is 12.0. The monoisotopic (exact) mass is 816 g/mol. The molecule has 1 aliphatic rings. The fraction of sp³-hybridized carbons (Fsp3) is 0.290. The highest BCUT2D eigenvalue weighted by molar-refractivity contribution is 7.89. The zero-order valence-corrected chi connectivity index (χ0v) is 32.2. The first kappa shape index (κ1) is 38.7. The second kappa shape index (κ2) is 15.4. The highest BCUT2D eigenvalue weighted by Gasteiger charge is 2.34. The third kappa shape index (κ3) is 6.55. The van der Waals surface area contributed by atoms with Gasteiger partial charge in [-0.05, 0) is 58.6 Å². The Hall–Kier alpha value is -5.06. The maximum atomic E-state index is 13.7. The predicted octanol–water partition coefficient (Wildman–Crippen LogP) is 3.72. The fourth-order valence-electron chi connectivity index (χ4n) is 6.41. The van der Waals surface area contributed by atoms with E-state index in [1.807, 2.05) is 42.7 Å². The van der Waals surface area contributed by atoms with Gasteiger partial charge >= 0.3 is 0 Å². The summed E-state index contributed by atoms with van der Waals surface area (Å²) in [6, 6.07) is 7.25. The zero-order chi connectivity index (χ0) is 36.1. The first-order chi connectivity index (χ1) is 25.2. The molecule has 19 nitrogen and oxygen atoms in total. The summed E-state index contributed by atoms with van der Waals surface area (Å²) in [5.74, 6) is 1.09. The van der Waals surface area contributed by atoms with E-state index in [-0.39, 0.29) is 59.6 Å². The van der Waals surface area contributed by atoms with Crippen molar-refractivity contribution in [1.29, 1.82) is 0 Å². The van der Waals surface area contributed by atoms with E-state index in [0.717, 1.165) is 21.5 Å². The number of halogens is 2. The van der Waals surface area contributed by atoms with E-state index in [0.29, 0.717) is 59.9 Å². The second-order valence-corrected chi connectivity index (χ2v) is 15.3. The molecule has 4 N–H and O–H groups in total. The Labute approximate surface area is 322 Å². The summed E-state index contributed by atoms with van der Waals surface area (Å²) < 4.78 is 54.7. The summed E-state index contributed by atoms with van der Waals surface area (Å²) in [5, 5.41) is 16.3. The van der Waals surface area contributed by atoms with Crippen LogP contribution in [0.1, 0.15) is 20.3 Å². The number of pyridine rings is 2. The Morgan fingerprint density at radius 2 is 1.39 bits per heavy atom. The molecule has 0 radical (unpaired) electrons. The summed E-state index contributed by atoms with van der Waals surface area (Å²) in [7, 11) is -5.02. The summed E-state index contributed by atoms with van der Waals surface area (Å²) in [6.45, 7) is 5.27. The maximum Gasteiger partial charge on any atom is 0.246 e. The van der Waals surface area contributed by atoms with Gasteiger partial charge in [-0.3, -0.25) is 25.0 Å². The number of aromatic nitrogens is 10. The number of nitrogens with one attached hydrogen (secondary N) is 2. The molecule has 0 amide bonds. The van der Waals surface area contributed by atoms with E-state index in [1.165, 1.54) is 16.7 Å². The lowest BCUT2D eigenvalue weighted by molar-refractivity contribution is 0.309. The van der Waals surface area contributed by atoms with Gasteiger partial charge in [-0.1, -0.05) is 12.1 Å². The van der Waals surface area contributed by atoms with E-state index in [1.54, 1.807) is 23.2 Å². The van der Waals surface area contributed by atoms with E-state index in [9.17, 15) is 12.6 Å². The average molecular weight is 818 g/mol. The van der Waals surface area contributed by atoms with Crippen LogP contribution < -0.4 is 16.6 Å². The van der Waals surface area contributed by atoms with Crippen LogP contribution in [0.25, 0.3) is 56.2 Å². The van der Waals surface area contributed by atoms with Crippen molar-refractivity contribution in [3.63, 3.8) is 0 Å². The van der Waals surface area contributed by atoms with Crippen molar-refractivity contribution in [2.45, 2.75) is 49.2 Å². The number of rotatable bonds is 11. The van der Waals surface area contributed by atoms with Crippen molar-refractivity contribution in [3.05, 3.63) is 49.1 Å². The van der Waals surface area contributed by atoms with Crippen LogP contribution in [0.2, 0.25) is 0 Å². The first-order valence-electron chi connectivity index (χ1n) is 16.3. The van der Waals surface area contributed by atoms with Crippen LogP contribution >= 0.6 is 24.8 Å². The lowest BCUT2D eigenvalue weighted by Crippen LogP contribution is -2.32. The standard InChI is InChI=1S/C31H32N14O5S2.2ClH/c1-4-44-26-20(17-6-8-19(9-7-17)51(3)46)12-33-13-21(26)35-30(44)24-28(41-49-39-24)37-38-29-25(40-50-42-29)31-36-22-14-34-15-23(27(22)45(31)5-2)52(47,48)43-11-10-18(32)16-43;;/h6-9,12-15,18H,4-5,10-11,16,32H2,1-3H3,(H,37,41)(H,38,42);2*1H/t18-,51?;;/m0../s1. The van der Waals surface area contributed by atoms with E-state index in [4.69, 9.17) is 20.0 Å². The average Bonchev–Trinajstić information content (AvgIpc) is 3.99. The minimum atomic E-state index is -3.91. The van der Waals surface area contributed by atoms with Crippen molar-refractivity contribution < 1.29 is 21.9 Å². The molecule has 7 heterocycles. The van der Waals surface area contributed by atoms with Gasteiger partial charge in [0.05, 0.1) is 23.4 Å². The van der Waals surface area contributed by atoms with E-state index in [2.05, 4.69) is 46.4 Å². The summed E-state index contributed by atoms with van der Waals surface area (Å²) in [6.07, 6.45) is 8.46. The van der Waals surface area contributed by atoms with Gasteiger partial charge in [0.2, 0.25) is 21.7 Å². The molecule has 7 aromatic rings. The van der Waals surface area contributed by atoms with Crippen molar-refractivity contribution >= 4 is 79.3 Å². The first-order valence-corrected chi connectivity index (χ1v) is 19.2. The molecule has 6 aromatic heterocycles. The van der Waals surface area contributed by atoms with Crippen LogP contribution in [0.3, 0.4) is 0 Å². The third-order valence-electron chi connectivity index (χ3n) is 8.90. The molecule has 0 bridgehead atoms. The number of sulfonamides is 1. The predicted molar refractivity (Wildman–Crippen MR) is 204 cm³/mol. The highest BCUT2D eigenvalue weighted by Crippen LogP contribution is 2.35. The minimum Gasteiger partial charge on any atom is -0.326 e. The number of aryl methyl sites for hydroxylation is 2. The normalized spacial score (nSPS) is 15.3. The van der Waals surface area contributed by atoms with Crippen LogP contribution in [0.15, 0.2) is 68.1 Å². The number of hydrazine groups is 1. The fourth-order valence-corrected chi connectivity index (χ4v) is 8.60. The number of fused-ring (bicyclic) bond motifs is 2. The largest absolute Gasteiger partial charge is 0.326 e. The molecular weight excluding hydrogens is 783 g/mol. The van der Waals surface area contributed by atoms with Crippen LogP contribution in [-0.2, 0) is 33.9 Å². The zero-order valence-electron chi connectivity index (χ0n) is 28.9.